The number of amides is 1. The lowest BCUT2D eigenvalue weighted by molar-refractivity contribution is 0.0930. The molecule has 0 aromatic carbocycles. The van der Waals surface area contributed by atoms with Crippen molar-refractivity contribution in [1.82, 2.24) is 15.1 Å². The molecular formula is C10H17N3O. The van der Waals surface area contributed by atoms with E-state index < -0.39 is 0 Å². The number of carbonyl (C=O) groups excluding carboxylic acids is 1. The second-order valence-corrected chi connectivity index (χ2v) is 3.91. The largest absolute Gasteiger partial charge is 0.349 e. The van der Waals surface area contributed by atoms with Crippen molar-refractivity contribution in [3.05, 3.63) is 18.0 Å². The molecule has 0 aliphatic heterocycles. The lowest BCUT2D eigenvalue weighted by Gasteiger charge is -2.16. The molecule has 0 saturated carbocycles. The van der Waals surface area contributed by atoms with Gasteiger partial charge in [-0.1, -0.05) is 13.8 Å². The standard InChI is InChI=1S/C10H17N3O/c1-7(2)8(3)12-10(14)9-5-11-13(4)6-9/h5-8H,1-4H3,(H,12,14). The number of carbonyl (C=O) groups is 1. The molecule has 1 N–H and O–H groups in total. The van der Waals surface area contributed by atoms with E-state index in [1.165, 1.54) is 0 Å². The van der Waals surface area contributed by atoms with Gasteiger partial charge < -0.3 is 5.32 Å². The van der Waals surface area contributed by atoms with Gasteiger partial charge in [-0.25, -0.2) is 0 Å². The molecule has 78 valence electrons. The summed E-state index contributed by atoms with van der Waals surface area (Å²) in [6, 6.07) is 0.183. The fourth-order valence-corrected chi connectivity index (χ4v) is 0.995. The first-order chi connectivity index (χ1) is 6.50. The highest BCUT2D eigenvalue weighted by Gasteiger charge is 2.13. The van der Waals surface area contributed by atoms with Crippen LogP contribution in [0.15, 0.2) is 12.4 Å². The van der Waals surface area contributed by atoms with Gasteiger partial charge >= 0.3 is 0 Å². The summed E-state index contributed by atoms with van der Waals surface area (Å²) in [5.41, 5.74) is 0.611. The molecule has 0 aliphatic rings. The van der Waals surface area contributed by atoms with Crippen LogP contribution in [0.4, 0.5) is 0 Å². The number of nitrogens with zero attached hydrogens (tertiary/aromatic N) is 2. The van der Waals surface area contributed by atoms with Crippen LogP contribution in [0.2, 0.25) is 0 Å². The van der Waals surface area contributed by atoms with Crippen molar-refractivity contribution in [2.24, 2.45) is 13.0 Å². The van der Waals surface area contributed by atoms with Crippen molar-refractivity contribution < 1.29 is 4.79 Å². The van der Waals surface area contributed by atoms with Crippen LogP contribution < -0.4 is 5.32 Å². The first-order valence-corrected chi connectivity index (χ1v) is 4.80. The molecule has 1 unspecified atom stereocenters. The van der Waals surface area contributed by atoms with Crippen molar-refractivity contribution in [2.75, 3.05) is 0 Å². The van der Waals surface area contributed by atoms with Crippen LogP contribution in [-0.2, 0) is 7.05 Å². The van der Waals surface area contributed by atoms with Gasteiger partial charge in [-0.3, -0.25) is 9.48 Å². The fourth-order valence-electron chi connectivity index (χ4n) is 0.995. The second-order valence-electron chi connectivity index (χ2n) is 3.91. The average molecular weight is 195 g/mol. The Balaban J connectivity index is 2.59. The van der Waals surface area contributed by atoms with Gasteiger partial charge in [0, 0.05) is 19.3 Å². The van der Waals surface area contributed by atoms with E-state index >= 15 is 0 Å². The summed E-state index contributed by atoms with van der Waals surface area (Å²) in [5, 5.41) is 6.86. The zero-order chi connectivity index (χ0) is 10.7. The van der Waals surface area contributed by atoms with E-state index in [-0.39, 0.29) is 11.9 Å². The van der Waals surface area contributed by atoms with E-state index in [2.05, 4.69) is 24.3 Å². The van der Waals surface area contributed by atoms with Gasteiger partial charge in [-0.05, 0) is 12.8 Å². The van der Waals surface area contributed by atoms with Crippen LogP contribution in [-0.4, -0.2) is 21.7 Å². The highest BCUT2D eigenvalue weighted by atomic mass is 16.1. The molecule has 0 bridgehead atoms. The molecule has 1 atom stereocenters. The summed E-state index contributed by atoms with van der Waals surface area (Å²) < 4.78 is 1.62. The number of hydrogen-bond donors (Lipinski definition) is 1. The fraction of sp³-hybridized carbons (Fsp3) is 0.600. The number of aryl methyl sites for hydroxylation is 1. The number of aromatic nitrogens is 2. The normalized spacial score (nSPS) is 12.9. The summed E-state index contributed by atoms with van der Waals surface area (Å²) in [7, 11) is 1.79. The molecule has 0 radical (unpaired) electrons. The zero-order valence-corrected chi connectivity index (χ0v) is 9.11. The summed E-state index contributed by atoms with van der Waals surface area (Å²) in [6.07, 6.45) is 3.28. The summed E-state index contributed by atoms with van der Waals surface area (Å²) >= 11 is 0. The molecule has 0 spiro atoms. The molecule has 1 aromatic rings. The van der Waals surface area contributed by atoms with Crippen molar-refractivity contribution in [3.63, 3.8) is 0 Å². The third-order valence-electron chi connectivity index (χ3n) is 2.33. The topological polar surface area (TPSA) is 46.9 Å². The smallest absolute Gasteiger partial charge is 0.254 e. The molecule has 1 rings (SSSR count). The minimum absolute atomic E-state index is 0.0562. The predicted molar refractivity (Wildman–Crippen MR) is 55.0 cm³/mol. The lowest BCUT2D eigenvalue weighted by atomic mass is 10.1. The van der Waals surface area contributed by atoms with Crippen LogP contribution in [0, 0.1) is 5.92 Å². The molecule has 0 fully saturated rings. The van der Waals surface area contributed by atoms with E-state index in [0.29, 0.717) is 11.5 Å². The van der Waals surface area contributed by atoms with Crippen molar-refractivity contribution in [3.8, 4) is 0 Å². The van der Waals surface area contributed by atoms with Crippen LogP contribution in [0.3, 0.4) is 0 Å². The second kappa shape index (κ2) is 4.26. The summed E-state index contributed by atoms with van der Waals surface area (Å²) in [5.74, 6) is 0.384. The maximum Gasteiger partial charge on any atom is 0.254 e. The minimum atomic E-state index is -0.0562. The van der Waals surface area contributed by atoms with Crippen molar-refractivity contribution in [2.45, 2.75) is 26.8 Å². The van der Waals surface area contributed by atoms with E-state index in [0.717, 1.165) is 0 Å². The Morgan fingerprint density at radius 2 is 2.14 bits per heavy atom. The van der Waals surface area contributed by atoms with E-state index in [4.69, 9.17) is 0 Å². The third kappa shape index (κ3) is 2.58. The Bertz CT molecular complexity index is 317. The van der Waals surface area contributed by atoms with Gasteiger partial charge in [-0.2, -0.15) is 5.10 Å². The molecule has 1 amide bonds. The molecule has 1 heterocycles. The van der Waals surface area contributed by atoms with Crippen LogP contribution in [0.25, 0.3) is 0 Å². The molecule has 0 saturated heterocycles. The van der Waals surface area contributed by atoms with Gasteiger partial charge in [0.25, 0.3) is 5.91 Å². The third-order valence-corrected chi connectivity index (χ3v) is 2.33. The molecule has 0 aliphatic carbocycles. The number of nitrogens with one attached hydrogen (secondary N) is 1. The monoisotopic (exact) mass is 195 g/mol. The molecule has 4 nitrogen and oxygen atoms in total. The number of hydrogen-bond acceptors (Lipinski definition) is 2. The first-order valence-electron chi connectivity index (χ1n) is 4.80. The first kappa shape index (κ1) is 10.8. The molecule has 1 aromatic heterocycles. The average Bonchev–Trinajstić information content (AvgIpc) is 2.51. The minimum Gasteiger partial charge on any atom is -0.349 e. The zero-order valence-electron chi connectivity index (χ0n) is 9.11. The highest BCUT2D eigenvalue weighted by Crippen LogP contribution is 2.02. The number of rotatable bonds is 3. The predicted octanol–water partition coefficient (Wildman–Crippen LogP) is 1.19. The molecular weight excluding hydrogens is 178 g/mol. The Morgan fingerprint density at radius 3 is 2.57 bits per heavy atom. The van der Waals surface area contributed by atoms with E-state index in [1.807, 2.05) is 6.92 Å². The maximum atomic E-state index is 11.6. The van der Waals surface area contributed by atoms with Gasteiger partial charge in [0.15, 0.2) is 0 Å². The molecule has 4 heteroatoms. The van der Waals surface area contributed by atoms with Gasteiger partial charge in [0.1, 0.15) is 0 Å². The Morgan fingerprint density at radius 1 is 1.50 bits per heavy atom. The van der Waals surface area contributed by atoms with Gasteiger partial charge in [0.2, 0.25) is 0 Å². The molecule has 14 heavy (non-hydrogen) atoms. The van der Waals surface area contributed by atoms with Crippen molar-refractivity contribution in [1.29, 1.82) is 0 Å². The van der Waals surface area contributed by atoms with E-state index in [9.17, 15) is 4.79 Å². The summed E-state index contributed by atoms with van der Waals surface area (Å²) in [6.45, 7) is 6.15. The van der Waals surface area contributed by atoms with Gasteiger partial charge in [0.05, 0.1) is 11.8 Å². The maximum absolute atomic E-state index is 11.6. The highest BCUT2D eigenvalue weighted by molar-refractivity contribution is 5.93. The SMILES string of the molecule is CC(C)C(C)NC(=O)c1cnn(C)c1. The van der Waals surface area contributed by atoms with E-state index in [1.54, 1.807) is 24.1 Å². The van der Waals surface area contributed by atoms with Crippen LogP contribution >= 0.6 is 0 Å². The lowest BCUT2D eigenvalue weighted by Crippen LogP contribution is -2.35. The van der Waals surface area contributed by atoms with Gasteiger partial charge in [-0.15, -0.1) is 0 Å². The Labute approximate surface area is 84.3 Å². The summed E-state index contributed by atoms with van der Waals surface area (Å²) in [4.78, 5) is 11.6. The van der Waals surface area contributed by atoms with Crippen molar-refractivity contribution >= 4 is 5.91 Å². The van der Waals surface area contributed by atoms with Crippen LogP contribution in [0.5, 0.6) is 0 Å². The van der Waals surface area contributed by atoms with Crippen LogP contribution in [0.1, 0.15) is 31.1 Å². The Kier molecular flexibility index (Phi) is 3.28. The quantitative estimate of drug-likeness (QED) is 0.787. The Hall–Kier alpha value is -1.32.